The quantitative estimate of drug-likeness (QED) is 0.170. The van der Waals surface area contributed by atoms with Crippen LogP contribution in [0.2, 0.25) is 0 Å². The molecule has 0 aromatic carbocycles. The van der Waals surface area contributed by atoms with Gasteiger partial charge in [0.15, 0.2) is 0 Å². The molecule has 326 valence electrons. The van der Waals surface area contributed by atoms with Gasteiger partial charge >= 0.3 is 23.9 Å². The van der Waals surface area contributed by atoms with Crippen LogP contribution in [0.15, 0.2) is 0 Å². The fraction of sp³-hybridized carbons (Fsp3) is 0.917. The van der Waals surface area contributed by atoms with Crippen molar-refractivity contribution in [2.75, 3.05) is 0 Å². The van der Waals surface area contributed by atoms with Gasteiger partial charge in [0, 0.05) is 12.3 Å². The summed E-state index contributed by atoms with van der Waals surface area (Å²) in [5.41, 5.74) is -1.34. The molecular weight excluding hydrogens is 721 g/mol. The molecule has 9 heteroatoms. The molecule has 1 saturated heterocycles. The van der Waals surface area contributed by atoms with Gasteiger partial charge in [0.1, 0.15) is 23.4 Å². The summed E-state index contributed by atoms with van der Waals surface area (Å²) in [5, 5.41) is 10.6. The zero-order valence-corrected chi connectivity index (χ0v) is 36.4. The van der Waals surface area contributed by atoms with Crippen LogP contribution in [-0.2, 0) is 38.1 Å². The predicted molar refractivity (Wildman–Crippen MR) is 221 cm³/mol. The van der Waals surface area contributed by atoms with Crippen LogP contribution in [0, 0.1) is 64.6 Å². The van der Waals surface area contributed by atoms with Gasteiger partial charge in [-0.15, -0.1) is 0 Å². The van der Waals surface area contributed by atoms with Crippen LogP contribution in [0.3, 0.4) is 0 Å². The van der Waals surface area contributed by atoms with E-state index >= 15 is 0 Å². The van der Waals surface area contributed by atoms with Crippen LogP contribution >= 0.6 is 0 Å². The van der Waals surface area contributed by atoms with Crippen molar-refractivity contribution in [3.05, 3.63) is 0 Å². The van der Waals surface area contributed by atoms with E-state index in [1.165, 1.54) is 38.5 Å². The molecule has 1 N–H and O–H groups in total. The molecule has 9 saturated carbocycles. The molecule has 0 spiro atoms. The Balaban J connectivity index is 0.000000162. The second-order valence-corrected chi connectivity index (χ2v) is 21.0. The van der Waals surface area contributed by atoms with E-state index in [0.29, 0.717) is 30.1 Å². The van der Waals surface area contributed by atoms with Crippen molar-refractivity contribution in [3.8, 4) is 0 Å². The lowest BCUT2D eigenvalue weighted by atomic mass is 9.49. The summed E-state index contributed by atoms with van der Waals surface area (Å²) < 4.78 is 23.2. The van der Waals surface area contributed by atoms with Crippen LogP contribution in [0.5, 0.6) is 0 Å². The first-order chi connectivity index (χ1) is 26.4. The highest BCUT2D eigenvalue weighted by Gasteiger charge is 2.60. The van der Waals surface area contributed by atoms with Crippen LogP contribution < -0.4 is 0 Å². The Labute approximate surface area is 345 Å². The van der Waals surface area contributed by atoms with E-state index in [1.54, 1.807) is 0 Å². The van der Waals surface area contributed by atoms with Gasteiger partial charge in [0.05, 0.1) is 28.8 Å². The molecule has 0 amide bonds. The number of esters is 4. The van der Waals surface area contributed by atoms with Crippen molar-refractivity contribution in [2.24, 2.45) is 64.6 Å². The maximum Gasteiger partial charge on any atom is 0.312 e. The Morgan fingerprint density at radius 3 is 1.84 bits per heavy atom. The first-order valence-corrected chi connectivity index (χ1v) is 23.0. The van der Waals surface area contributed by atoms with E-state index < -0.39 is 5.60 Å². The van der Waals surface area contributed by atoms with Gasteiger partial charge in [-0.25, -0.2) is 0 Å². The molecule has 9 nitrogen and oxygen atoms in total. The Kier molecular flexibility index (Phi) is 14.4. The molecule has 10 bridgehead atoms. The number of hydrogen-bond donors (Lipinski definition) is 1. The fourth-order valence-corrected chi connectivity index (χ4v) is 12.8. The third-order valence-corrected chi connectivity index (χ3v) is 16.3. The van der Waals surface area contributed by atoms with E-state index in [0.717, 1.165) is 82.5 Å². The highest BCUT2D eigenvalue weighted by atomic mass is 16.6. The average molecular weight is 801 g/mol. The van der Waals surface area contributed by atoms with Crippen molar-refractivity contribution in [2.45, 2.75) is 214 Å². The maximum atomic E-state index is 12.6. The minimum absolute atomic E-state index is 0. The van der Waals surface area contributed by atoms with Crippen molar-refractivity contribution in [1.82, 2.24) is 0 Å². The van der Waals surface area contributed by atoms with Crippen LogP contribution in [0.4, 0.5) is 0 Å². The lowest BCUT2D eigenvalue weighted by molar-refractivity contribution is -0.222. The summed E-state index contributed by atoms with van der Waals surface area (Å²) in [6, 6.07) is 0. The molecule has 0 aromatic rings. The summed E-state index contributed by atoms with van der Waals surface area (Å²) in [4.78, 5) is 48.2. The van der Waals surface area contributed by atoms with Gasteiger partial charge < -0.3 is 24.1 Å². The molecule has 0 aromatic heterocycles. The van der Waals surface area contributed by atoms with Crippen LogP contribution in [-0.4, -0.2) is 58.0 Å². The largest absolute Gasteiger partial charge is 0.459 e. The van der Waals surface area contributed by atoms with E-state index in [2.05, 4.69) is 13.8 Å². The second-order valence-electron chi connectivity index (χ2n) is 21.0. The molecular formula is C48H80O9. The minimum Gasteiger partial charge on any atom is -0.459 e. The lowest BCUT2D eigenvalue weighted by Gasteiger charge is -2.60. The lowest BCUT2D eigenvalue weighted by Crippen LogP contribution is -2.60. The number of carbonyl (C=O) groups is 4. The summed E-state index contributed by atoms with van der Waals surface area (Å²) >= 11 is 0. The number of rotatable bonds is 10. The Morgan fingerprint density at radius 2 is 1.33 bits per heavy atom. The molecule has 10 rings (SSSR count). The topological polar surface area (TPSA) is 125 Å². The third kappa shape index (κ3) is 9.59. The molecule has 10 fully saturated rings. The smallest absolute Gasteiger partial charge is 0.312 e. The van der Waals surface area contributed by atoms with E-state index in [9.17, 15) is 24.3 Å². The first kappa shape index (κ1) is 45.9. The van der Waals surface area contributed by atoms with Gasteiger partial charge in [-0.2, -0.15) is 0 Å². The van der Waals surface area contributed by atoms with E-state index in [1.807, 2.05) is 48.5 Å². The highest BCUT2D eigenvalue weighted by Crippen LogP contribution is 2.61. The fourth-order valence-electron chi connectivity index (χ4n) is 12.8. The van der Waals surface area contributed by atoms with Gasteiger partial charge in [0.25, 0.3) is 0 Å². The molecule has 10 aliphatic rings. The van der Waals surface area contributed by atoms with Crippen molar-refractivity contribution in [1.29, 1.82) is 0 Å². The third-order valence-electron chi connectivity index (χ3n) is 16.3. The Morgan fingerprint density at radius 1 is 0.789 bits per heavy atom. The zero-order valence-electron chi connectivity index (χ0n) is 36.4. The first-order valence-electron chi connectivity index (χ1n) is 23.0. The average Bonchev–Trinajstić information content (AvgIpc) is 3.45. The number of hydrogen-bond acceptors (Lipinski definition) is 9. The Bertz CT molecular complexity index is 1390. The standard InChI is InChI=1S/C18H30O2.C15H24O3.C14H22O4.CH4/c1-5-17(3,4)16(19)20-18(6-2)14-8-12-7-13(10-14)11-15(18)9-12;1-3-10(2)13(16)18-15-7-11-4-12(8-15)6-14(17,5-11)9-15;1-4-8(2)13(15)18-12-10-5-6-11(12)17-14(16)9(3)7-10;/h12-15H,5-11H2,1-4H3;10-12,17H,3-9H2,1-2H3;8-12H,4-7H2,1-3H3;1H4. The molecule has 57 heavy (non-hydrogen) atoms. The molecule has 1 heterocycles. The van der Waals surface area contributed by atoms with Crippen molar-refractivity contribution >= 4 is 23.9 Å². The number of carbonyl (C=O) groups excluding carboxylic acids is 4. The van der Waals surface area contributed by atoms with Gasteiger partial charge in [-0.1, -0.05) is 55.9 Å². The summed E-state index contributed by atoms with van der Waals surface area (Å²) in [5.74, 6) is 4.03. The maximum absolute atomic E-state index is 12.6. The number of fused-ring (bicyclic) bond motifs is 2. The SMILES string of the molecule is C.CCC(C)(C)C(=O)OC1(CC)C2CC3CC(C2)CC1C3.CCC(C)C(=O)OC12CC3CC(CC(O)(C3)C1)C2.CCC(C)C(=O)OC1C2CCC1OC(=O)C(C)C2. The van der Waals surface area contributed by atoms with E-state index in [-0.39, 0.29) is 83.8 Å². The number of aliphatic hydroxyl groups is 1. The zero-order chi connectivity index (χ0) is 40.8. The number of ether oxygens (including phenoxy) is 4. The summed E-state index contributed by atoms with van der Waals surface area (Å²) in [6.45, 7) is 18.0. The van der Waals surface area contributed by atoms with Gasteiger partial charge in [-0.3, -0.25) is 19.2 Å². The van der Waals surface area contributed by atoms with Gasteiger partial charge in [-0.05, 0) is 159 Å². The summed E-state index contributed by atoms with van der Waals surface area (Å²) in [6.07, 6.45) is 18.0. The second kappa shape index (κ2) is 17.8. The Hall–Kier alpha value is -2.16. The summed E-state index contributed by atoms with van der Waals surface area (Å²) in [7, 11) is 0. The normalized spacial score (nSPS) is 41.5. The predicted octanol–water partition coefficient (Wildman–Crippen LogP) is 10.2. The highest BCUT2D eigenvalue weighted by molar-refractivity contribution is 5.76. The molecule has 9 aliphatic carbocycles. The molecule has 0 radical (unpaired) electrons. The molecule has 8 unspecified atom stereocenters. The van der Waals surface area contributed by atoms with Crippen LogP contribution in [0.25, 0.3) is 0 Å². The monoisotopic (exact) mass is 801 g/mol. The van der Waals surface area contributed by atoms with Gasteiger partial charge in [0.2, 0.25) is 0 Å². The van der Waals surface area contributed by atoms with Crippen LogP contribution in [0.1, 0.15) is 185 Å². The van der Waals surface area contributed by atoms with E-state index in [4.69, 9.17) is 18.9 Å². The molecule has 1 aliphatic heterocycles. The molecule has 8 atom stereocenters. The minimum atomic E-state index is -0.542. The van der Waals surface area contributed by atoms with Crippen molar-refractivity contribution in [3.63, 3.8) is 0 Å². The van der Waals surface area contributed by atoms with Crippen molar-refractivity contribution < 1.29 is 43.2 Å².